The molecule has 0 aliphatic carbocycles. The number of carbonyl (C=O) groups is 1. The van der Waals surface area contributed by atoms with Crippen molar-refractivity contribution in [2.45, 2.75) is 5.06 Å². The molecular formula is C14H4Cl7O3-. The van der Waals surface area contributed by atoms with Crippen LogP contribution in [0.15, 0.2) is 24.3 Å². The highest BCUT2D eigenvalue weighted by molar-refractivity contribution is 6.52. The van der Waals surface area contributed by atoms with Crippen molar-refractivity contribution in [3.8, 4) is 5.75 Å². The number of carboxylic acids is 1. The minimum absolute atomic E-state index is 0.0241. The maximum absolute atomic E-state index is 11.6. The number of hydrogen-bond donors (Lipinski definition) is 0. The average Bonchev–Trinajstić information content (AvgIpc) is 2.51. The lowest BCUT2D eigenvalue weighted by Crippen LogP contribution is -2.46. The molecule has 1 atom stereocenters. The van der Waals surface area contributed by atoms with Crippen LogP contribution in [0.5, 0.6) is 5.75 Å². The molecule has 0 fully saturated rings. The van der Waals surface area contributed by atoms with Gasteiger partial charge in [0.2, 0.25) is 5.06 Å². The lowest BCUT2D eigenvalue weighted by Gasteiger charge is -2.31. The van der Waals surface area contributed by atoms with Crippen LogP contribution in [0.3, 0.4) is 0 Å². The smallest absolute Gasteiger partial charge is 0.249 e. The molecule has 10 heteroatoms. The summed E-state index contributed by atoms with van der Waals surface area (Å²) in [5, 5.41) is 8.86. The highest BCUT2D eigenvalue weighted by Gasteiger charge is 2.38. The van der Waals surface area contributed by atoms with Crippen LogP contribution in [0.4, 0.5) is 0 Å². The van der Waals surface area contributed by atoms with Gasteiger partial charge in [-0.25, -0.2) is 0 Å². The van der Waals surface area contributed by atoms with Crippen LogP contribution in [0.1, 0.15) is 5.56 Å². The van der Waals surface area contributed by atoms with E-state index in [0.717, 1.165) is 6.07 Å². The van der Waals surface area contributed by atoms with E-state index in [9.17, 15) is 9.90 Å². The number of aliphatic carboxylic acids is 1. The lowest BCUT2D eigenvalue weighted by atomic mass is 10.1. The van der Waals surface area contributed by atoms with Crippen LogP contribution in [0.25, 0.3) is 0 Å². The third-order valence-corrected chi connectivity index (χ3v) is 5.57. The van der Waals surface area contributed by atoms with Crippen molar-refractivity contribution in [2.75, 3.05) is 0 Å². The number of carbonyl (C=O) groups excluding carboxylic acids is 1. The highest BCUT2D eigenvalue weighted by Crippen LogP contribution is 2.45. The SMILES string of the molecule is O=C([O-])C(Cl)(Oc1ccc(Cl)cc1Cl)c1cc(Cl)c(Cl)c(Cl)c1Cl. The van der Waals surface area contributed by atoms with E-state index in [1.54, 1.807) is 0 Å². The summed E-state index contributed by atoms with van der Waals surface area (Å²) in [6.07, 6.45) is 0. The molecule has 0 aliphatic heterocycles. The van der Waals surface area contributed by atoms with Gasteiger partial charge in [0.05, 0.1) is 25.1 Å². The molecule has 1 unspecified atom stereocenters. The van der Waals surface area contributed by atoms with Gasteiger partial charge in [0.1, 0.15) is 11.7 Å². The van der Waals surface area contributed by atoms with Gasteiger partial charge in [-0.1, -0.05) is 81.2 Å². The predicted octanol–water partition coefficient (Wildman–Crippen LogP) is 5.83. The number of rotatable bonds is 4. The molecule has 0 saturated heterocycles. The van der Waals surface area contributed by atoms with Gasteiger partial charge in [-0.05, 0) is 24.3 Å². The molecule has 0 radical (unpaired) electrons. The van der Waals surface area contributed by atoms with E-state index in [1.807, 2.05) is 0 Å². The monoisotopic (exact) mass is 465 g/mol. The van der Waals surface area contributed by atoms with Crippen LogP contribution >= 0.6 is 81.2 Å². The third-order valence-electron chi connectivity index (χ3n) is 2.86. The van der Waals surface area contributed by atoms with Crippen LogP contribution in [0.2, 0.25) is 30.1 Å². The molecule has 0 bridgehead atoms. The maximum Gasteiger partial charge on any atom is 0.249 e. The van der Waals surface area contributed by atoms with Crippen molar-refractivity contribution in [3.05, 3.63) is 60.0 Å². The number of hydrogen-bond acceptors (Lipinski definition) is 3. The zero-order valence-corrected chi connectivity index (χ0v) is 16.5. The van der Waals surface area contributed by atoms with Gasteiger partial charge in [-0.2, -0.15) is 0 Å². The number of carboxylic acid groups (broad SMARTS) is 1. The van der Waals surface area contributed by atoms with E-state index < -0.39 is 11.0 Å². The molecule has 128 valence electrons. The fourth-order valence-electron chi connectivity index (χ4n) is 1.72. The molecule has 0 aliphatic rings. The molecule has 0 spiro atoms. The van der Waals surface area contributed by atoms with Crippen LogP contribution in [-0.2, 0) is 9.85 Å². The summed E-state index contributed by atoms with van der Waals surface area (Å²) >= 11 is 41.6. The number of benzene rings is 2. The topological polar surface area (TPSA) is 49.4 Å². The summed E-state index contributed by atoms with van der Waals surface area (Å²) < 4.78 is 5.33. The minimum Gasteiger partial charge on any atom is -0.544 e. The van der Waals surface area contributed by atoms with Crippen molar-refractivity contribution in [3.63, 3.8) is 0 Å². The first kappa shape index (κ1) is 20.1. The van der Waals surface area contributed by atoms with Gasteiger partial charge in [-0.3, -0.25) is 0 Å². The van der Waals surface area contributed by atoms with Gasteiger partial charge in [0.25, 0.3) is 0 Å². The summed E-state index contributed by atoms with van der Waals surface area (Å²) in [6.45, 7) is 0. The summed E-state index contributed by atoms with van der Waals surface area (Å²) in [5.41, 5.74) is -0.267. The van der Waals surface area contributed by atoms with Crippen molar-refractivity contribution in [1.29, 1.82) is 0 Å². The van der Waals surface area contributed by atoms with E-state index in [-0.39, 0.29) is 36.4 Å². The second kappa shape index (κ2) is 7.55. The van der Waals surface area contributed by atoms with Crippen LogP contribution in [-0.4, -0.2) is 5.97 Å². The van der Waals surface area contributed by atoms with E-state index in [4.69, 9.17) is 85.9 Å². The Morgan fingerprint density at radius 2 is 1.54 bits per heavy atom. The Hall–Kier alpha value is -0.260. The minimum atomic E-state index is -2.56. The van der Waals surface area contributed by atoms with Gasteiger partial charge in [0, 0.05) is 10.6 Å². The quantitative estimate of drug-likeness (QED) is 0.323. The van der Waals surface area contributed by atoms with E-state index >= 15 is 0 Å². The second-order valence-corrected chi connectivity index (χ2v) is 7.32. The van der Waals surface area contributed by atoms with Gasteiger partial charge in [-0.15, -0.1) is 0 Å². The largest absolute Gasteiger partial charge is 0.544 e. The normalized spacial score (nSPS) is 13.5. The Bertz CT molecular complexity index is 825. The summed E-state index contributed by atoms with van der Waals surface area (Å²) in [4.78, 5) is 11.6. The van der Waals surface area contributed by atoms with Crippen LogP contribution < -0.4 is 9.84 Å². The Morgan fingerprint density at radius 3 is 2.08 bits per heavy atom. The Morgan fingerprint density at radius 1 is 0.917 bits per heavy atom. The Balaban J connectivity index is 2.62. The summed E-state index contributed by atoms with van der Waals surface area (Å²) in [7, 11) is 0. The zero-order chi connectivity index (χ0) is 18.2. The van der Waals surface area contributed by atoms with E-state index in [0.29, 0.717) is 5.02 Å². The molecule has 24 heavy (non-hydrogen) atoms. The fourth-order valence-corrected chi connectivity index (χ4v) is 3.39. The zero-order valence-electron chi connectivity index (χ0n) is 11.2. The second-order valence-electron chi connectivity index (χ2n) is 4.41. The lowest BCUT2D eigenvalue weighted by molar-refractivity contribution is -0.317. The van der Waals surface area contributed by atoms with Crippen molar-refractivity contribution < 1.29 is 14.6 Å². The Labute approximate surface area is 171 Å². The maximum atomic E-state index is 11.6. The first-order valence-corrected chi connectivity index (χ1v) is 8.60. The Kier molecular flexibility index (Phi) is 6.31. The molecule has 0 heterocycles. The molecule has 2 aromatic rings. The molecule has 0 saturated carbocycles. The van der Waals surface area contributed by atoms with Crippen molar-refractivity contribution >= 4 is 87.2 Å². The number of alkyl halides is 1. The number of ether oxygens (including phenoxy) is 1. The highest BCUT2D eigenvalue weighted by atomic mass is 35.5. The third kappa shape index (κ3) is 3.78. The average molecular weight is 468 g/mol. The molecule has 0 amide bonds. The van der Waals surface area contributed by atoms with Crippen molar-refractivity contribution in [2.24, 2.45) is 0 Å². The molecule has 0 aromatic heterocycles. The molecule has 2 rings (SSSR count). The standard InChI is InChI=1S/C14H5Cl7O3/c15-5-1-2-9(7(16)3-5)24-14(21,13(22)23)6-4-8(17)11(19)12(20)10(6)18/h1-4H,(H,22,23)/p-1. The number of halogens is 7. The van der Waals surface area contributed by atoms with Gasteiger partial charge < -0.3 is 14.6 Å². The molecule has 3 nitrogen and oxygen atoms in total. The van der Waals surface area contributed by atoms with Gasteiger partial charge >= 0.3 is 0 Å². The molecule has 0 N–H and O–H groups in total. The first-order valence-electron chi connectivity index (χ1n) is 5.95. The molecular weight excluding hydrogens is 464 g/mol. The van der Waals surface area contributed by atoms with E-state index in [2.05, 4.69) is 0 Å². The van der Waals surface area contributed by atoms with E-state index in [1.165, 1.54) is 18.2 Å². The van der Waals surface area contributed by atoms with Crippen molar-refractivity contribution in [1.82, 2.24) is 0 Å². The first-order chi connectivity index (χ1) is 11.1. The van der Waals surface area contributed by atoms with Crippen LogP contribution in [0, 0.1) is 0 Å². The fraction of sp³-hybridized carbons (Fsp3) is 0.0714. The molecule has 2 aromatic carbocycles. The summed E-state index contributed by atoms with van der Waals surface area (Å²) in [5.74, 6) is -1.88. The van der Waals surface area contributed by atoms with Gasteiger partial charge in [0.15, 0.2) is 0 Å². The predicted molar refractivity (Wildman–Crippen MR) is 96.1 cm³/mol. The summed E-state index contributed by atoms with van der Waals surface area (Å²) in [6, 6.07) is 5.22.